The fourth-order valence-corrected chi connectivity index (χ4v) is 4.65. The van der Waals surface area contributed by atoms with Crippen LogP contribution in [-0.2, 0) is 21.2 Å². The molecule has 0 aliphatic heterocycles. The highest BCUT2D eigenvalue weighted by molar-refractivity contribution is 7.89. The molecular formula is C24H25ClN2O3S. The molecule has 0 aromatic heterocycles. The van der Waals surface area contributed by atoms with Crippen LogP contribution in [0.15, 0.2) is 77.7 Å². The second-order valence-electron chi connectivity index (χ2n) is 7.40. The third-order valence-corrected chi connectivity index (χ3v) is 7.19. The lowest BCUT2D eigenvalue weighted by Gasteiger charge is -2.22. The zero-order valence-corrected chi connectivity index (χ0v) is 19.1. The summed E-state index contributed by atoms with van der Waals surface area (Å²) in [4.78, 5) is 12.9. The first-order valence-corrected chi connectivity index (χ1v) is 11.7. The first kappa shape index (κ1) is 23.0. The molecule has 7 heteroatoms. The molecule has 0 fully saturated rings. The van der Waals surface area contributed by atoms with E-state index in [1.807, 2.05) is 44.2 Å². The van der Waals surface area contributed by atoms with Crippen molar-refractivity contribution < 1.29 is 13.2 Å². The standard InChI is InChI=1S/C24H25ClN2O3S/c1-18-8-12-22(13-9-18)31(29,30)27(15-14-20-6-4-3-5-7-20)17-24(28)26-21-11-10-19(2)23(25)16-21/h3-13,16H,14-15,17H2,1-2H3,(H,26,28). The van der Waals surface area contributed by atoms with Crippen molar-refractivity contribution in [3.63, 3.8) is 0 Å². The summed E-state index contributed by atoms with van der Waals surface area (Å²) in [7, 11) is -3.84. The monoisotopic (exact) mass is 456 g/mol. The third kappa shape index (κ3) is 6.17. The van der Waals surface area contributed by atoms with Crippen LogP contribution in [0.1, 0.15) is 16.7 Å². The Bertz CT molecular complexity index is 1150. The summed E-state index contributed by atoms with van der Waals surface area (Å²) < 4.78 is 27.8. The number of aryl methyl sites for hydroxylation is 2. The topological polar surface area (TPSA) is 66.5 Å². The molecule has 0 spiro atoms. The van der Waals surface area contributed by atoms with Gasteiger partial charge in [0.15, 0.2) is 0 Å². The van der Waals surface area contributed by atoms with E-state index in [0.717, 1.165) is 16.7 Å². The van der Waals surface area contributed by atoms with Gasteiger partial charge in [-0.15, -0.1) is 0 Å². The van der Waals surface area contributed by atoms with E-state index < -0.39 is 15.9 Å². The van der Waals surface area contributed by atoms with Crippen LogP contribution in [0.2, 0.25) is 5.02 Å². The first-order valence-electron chi connectivity index (χ1n) is 9.92. The molecule has 3 aromatic carbocycles. The van der Waals surface area contributed by atoms with E-state index in [4.69, 9.17) is 11.6 Å². The molecule has 0 radical (unpaired) electrons. The maximum atomic E-state index is 13.3. The largest absolute Gasteiger partial charge is 0.325 e. The second kappa shape index (κ2) is 10.1. The molecule has 3 aromatic rings. The molecular weight excluding hydrogens is 432 g/mol. The Balaban J connectivity index is 1.81. The Kier molecular flexibility index (Phi) is 7.49. The van der Waals surface area contributed by atoms with Crippen molar-refractivity contribution in [1.29, 1.82) is 0 Å². The van der Waals surface area contributed by atoms with Gasteiger partial charge in [0.1, 0.15) is 0 Å². The Morgan fingerprint density at radius 2 is 1.65 bits per heavy atom. The molecule has 5 nitrogen and oxygen atoms in total. The molecule has 0 atom stereocenters. The van der Waals surface area contributed by atoms with Crippen LogP contribution in [0.25, 0.3) is 0 Å². The SMILES string of the molecule is Cc1ccc(S(=O)(=O)N(CCc2ccccc2)CC(=O)Nc2ccc(C)c(Cl)c2)cc1. The van der Waals surface area contributed by atoms with Crippen molar-refractivity contribution in [3.8, 4) is 0 Å². The van der Waals surface area contributed by atoms with Gasteiger partial charge in [0.05, 0.1) is 11.4 Å². The summed E-state index contributed by atoms with van der Waals surface area (Å²) in [5.41, 5.74) is 3.38. The number of nitrogens with one attached hydrogen (secondary N) is 1. The highest BCUT2D eigenvalue weighted by atomic mass is 35.5. The number of benzene rings is 3. The maximum Gasteiger partial charge on any atom is 0.243 e. The number of carbonyl (C=O) groups is 1. The van der Waals surface area contributed by atoms with E-state index in [1.54, 1.807) is 42.5 Å². The van der Waals surface area contributed by atoms with E-state index >= 15 is 0 Å². The lowest BCUT2D eigenvalue weighted by Crippen LogP contribution is -2.39. The van der Waals surface area contributed by atoms with Gasteiger partial charge >= 0.3 is 0 Å². The van der Waals surface area contributed by atoms with Gasteiger partial charge in [0, 0.05) is 17.3 Å². The number of hydrogen-bond donors (Lipinski definition) is 1. The highest BCUT2D eigenvalue weighted by Gasteiger charge is 2.26. The van der Waals surface area contributed by atoms with E-state index in [-0.39, 0.29) is 18.0 Å². The molecule has 31 heavy (non-hydrogen) atoms. The third-order valence-electron chi connectivity index (χ3n) is 4.93. The van der Waals surface area contributed by atoms with Crippen molar-refractivity contribution >= 4 is 33.2 Å². The summed E-state index contributed by atoms with van der Waals surface area (Å²) >= 11 is 6.13. The molecule has 0 saturated carbocycles. The molecule has 0 aliphatic carbocycles. The van der Waals surface area contributed by atoms with E-state index in [9.17, 15) is 13.2 Å². The smallest absolute Gasteiger partial charge is 0.243 e. The molecule has 162 valence electrons. The van der Waals surface area contributed by atoms with E-state index in [0.29, 0.717) is 17.1 Å². The predicted molar refractivity (Wildman–Crippen MR) is 125 cm³/mol. The maximum absolute atomic E-state index is 13.3. The zero-order chi connectivity index (χ0) is 22.4. The van der Waals surface area contributed by atoms with Gasteiger partial charge in [0.25, 0.3) is 0 Å². The molecule has 0 heterocycles. The number of carbonyl (C=O) groups excluding carboxylic acids is 1. The van der Waals surface area contributed by atoms with Crippen LogP contribution in [-0.4, -0.2) is 31.7 Å². The molecule has 0 bridgehead atoms. The highest BCUT2D eigenvalue weighted by Crippen LogP contribution is 2.21. The predicted octanol–water partition coefficient (Wildman–Crippen LogP) is 4.83. The molecule has 1 amide bonds. The fraction of sp³-hybridized carbons (Fsp3) is 0.208. The van der Waals surface area contributed by atoms with Gasteiger partial charge in [-0.2, -0.15) is 4.31 Å². The van der Waals surface area contributed by atoms with Crippen molar-refractivity contribution in [2.24, 2.45) is 0 Å². The lowest BCUT2D eigenvalue weighted by atomic mass is 10.1. The van der Waals surface area contributed by atoms with Crippen molar-refractivity contribution in [1.82, 2.24) is 4.31 Å². The molecule has 0 saturated heterocycles. The van der Waals surface area contributed by atoms with Crippen LogP contribution < -0.4 is 5.32 Å². The summed E-state index contributed by atoms with van der Waals surface area (Å²) in [6.07, 6.45) is 0.496. The Hall–Kier alpha value is -2.67. The van der Waals surface area contributed by atoms with Crippen LogP contribution in [0.5, 0.6) is 0 Å². The minimum atomic E-state index is -3.84. The number of halogens is 1. The van der Waals surface area contributed by atoms with Crippen LogP contribution >= 0.6 is 11.6 Å². The number of anilines is 1. The average molecular weight is 457 g/mol. The van der Waals surface area contributed by atoms with Crippen LogP contribution in [0, 0.1) is 13.8 Å². The molecule has 1 N–H and O–H groups in total. The number of rotatable bonds is 8. The number of hydrogen-bond acceptors (Lipinski definition) is 3. The first-order chi connectivity index (χ1) is 14.8. The van der Waals surface area contributed by atoms with Gasteiger partial charge in [-0.1, -0.05) is 65.7 Å². The van der Waals surface area contributed by atoms with Gasteiger partial charge in [-0.25, -0.2) is 8.42 Å². The second-order valence-corrected chi connectivity index (χ2v) is 9.74. The van der Waals surface area contributed by atoms with Crippen molar-refractivity contribution in [2.75, 3.05) is 18.4 Å². The number of sulfonamides is 1. The van der Waals surface area contributed by atoms with Gasteiger partial charge < -0.3 is 5.32 Å². The lowest BCUT2D eigenvalue weighted by molar-refractivity contribution is -0.116. The van der Waals surface area contributed by atoms with Gasteiger partial charge in [-0.05, 0) is 55.7 Å². The Morgan fingerprint density at radius 1 is 0.968 bits per heavy atom. The van der Waals surface area contributed by atoms with Crippen molar-refractivity contribution in [2.45, 2.75) is 25.2 Å². The quantitative estimate of drug-likeness (QED) is 0.528. The average Bonchev–Trinajstić information content (AvgIpc) is 2.74. The molecule has 0 aliphatic rings. The number of nitrogens with zero attached hydrogens (tertiary/aromatic N) is 1. The summed E-state index contributed by atoms with van der Waals surface area (Å²) in [5, 5.41) is 3.28. The van der Waals surface area contributed by atoms with E-state index in [2.05, 4.69) is 5.32 Å². The van der Waals surface area contributed by atoms with E-state index in [1.165, 1.54) is 4.31 Å². The minimum Gasteiger partial charge on any atom is -0.325 e. The normalized spacial score (nSPS) is 11.5. The minimum absolute atomic E-state index is 0.164. The Morgan fingerprint density at radius 3 is 2.29 bits per heavy atom. The van der Waals surface area contributed by atoms with Crippen LogP contribution in [0.4, 0.5) is 5.69 Å². The van der Waals surface area contributed by atoms with Gasteiger partial charge in [0.2, 0.25) is 15.9 Å². The number of amides is 1. The van der Waals surface area contributed by atoms with Crippen LogP contribution in [0.3, 0.4) is 0 Å². The molecule has 3 rings (SSSR count). The summed E-state index contributed by atoms with van der Waals surface area (Å²) in [6, 6.07) is 21.4. The summed E-state index contributed by atoms with van der Waals surface area (Å²) in [5.74, 6) is -0.427. The summed E-state index contributed by atoms with van der Waals surface area (Å²) in [6.45, 7) is 3.65. The van der Waals surface area contributed by atoms with Crippen molar-refractivity contribution in [3.05, 3.63) is 94.5 Å². The van der Waals surface area contributed by atoms with Gasteiger partial charge in [-0.3, -0.25) is 4.79 Å². The fourth-order valence-electron chi connectivity index (χ4n) is 3.07. The Labute approximate surface area is 188 Å². The zero-order valence-electron chi connectivity index (χ0n) is 17.5. The molecule has 0 unspecified atom stereocenters.